The number of carbonyl (C=O) groups is 1. The van der Waals surface area contributed by atoms with Crippen LogP contribution < -0.4 is 4.74 Å². The van der Waals surface area contributed by atoms with Crippen molar-refractivity contribution >= 4 is 27.5 Å². The predicted octanol–water partition coefficient (Wildman–Crippen LogP) is 5.33. The van der Waals surface area contributed by atoms with Crippen LogP contribution in [-0.2, 0) is 4.79 Å². The number of fused-ring (bicyclic) bond motifs is 2. The quantitative estimate of drug-likeness (QED) is 0.370. The third-order valence-electron chi connectivity index (χ3n) is 4.32. The summed E-state index contributed by atoms with van der Waals surface area (Å²) in [6, 6.07) is 18.4. The Balaban J connectivity index is 1.99. The normalized spacial score (nSPS) is 11.8. The van der Waals surface area contributed by atoms with Crippen molar-refractivity contribution in [1.29, 1.82) is 0 Å². The van der Waals surface area contributed by atoms with Gasteiger partial charge in [-0.1, -0.05) is 37.3 Å². The summed E-state index contributed by atoms with van der Waals surface area (Å²) in [4.78, 5) is 12.2. The van der Waals surface area contributed by atoms with Gasteiger partial charge in [0.2, 0.25) is 0 Å². The third-order valence-corrected chi connectivity index (χ3v) is 4.32. The molecule has 112 valence electrons. The molecule has 22 heavy (non-hydrogen) atoms. The second-order valence-corrected chi connectivity index (χ2v) is 6.34. The molecule has 0 bridgehead atoms. The van der Waals surface area contributed by atoms with Gasteiger partial charge in [0.05, 0.1) is 5.41 Å². The second kappa shape index (κ2) is 5.45. The minimum Gasteiger partial charge on any atom is -0.426 e. The van der Waals surface area contributed by atoms with Crippen LogP contribution in [0.3, 0.4) is 0 Å². The molecule has 0 N–H and O–H groups in total. The predicted molar refractivity (Wildman–Crippen MR) is 91.2 cm³/mol. The molecule has 0 aliphatic carbocycles. The SMILES string of the molecule is CCC(C)(C)C(=O)Oc1ccc2cc3ccccc3cc2c1. The van der Waals surface area contributed by atoms with E-state index in [-0.39, 0.29) is 5.97 Å². The Labute approximate surface area is 130 Å². The van der Waals surface area contributed by atoms with Crippen LogP contribution in [0.1, 0.15) is 27.2 Å². The third kappa shape index (κ3) is 2.69. The molecule has 2 nitrogen and oxygen atoms in total. The molecule has 0 unspecified atom stereocenters. The van der Waals surface area contributed by atoms with Gasteiger partial charge in [-0.15, -0.1) is 0 Å². The molecule has 0 heterocycles. The Hall–Kier alpha value is -2.35. The Morgan fingerprint density at radius 1 is 0.909 bits per heavy atom. The van der Waals surface area contributed by atoms with Crippen LogP contribution in [0.2, 0.25) is 0 Å². The van der Waals surface area contributed by atoms with E-state index in [4.69, 9.17) is 4.74 Å². The van der Waals surface area contributed by atoms with Crippen molar-refractivity contribution in [3.05, 3.63) is 54.6 Å². The summed E-state index contributed by atoms with van der Waals surface area (Å²) in [5.74, 6) is 0.421. The van der Waals surface area contributed by atoms with Crippen molar-refractivity contribution in [2.75, 3.05) is 0 Å². The van der Waals surface area contributed by atoms with Crippen LogP contribution in [0.25, 0.3) is 21.5 Å². The molecule has 3 aromatic rings. The van der Waals surface area contributed by atoms with Crippen LogP contribution in [0.15, 0.2) is 54.6 Å². The van der Waals surface area contributed by atoms with Gasteiger partial charge in [-0.05, 0) is 66.1 Å². The van der Waals surface area contributed by atoms with Crippen molar-refractivity contribution < 1.29 is 9.53 Å². The maximum atomic E-state index is 12.2. The van der Waals surface area contributed by atoms with E-state index in [1.165, 1.54) is 10.8 Å². The zero-order valence-electron chi connectivity index (χ0n) is 13.2. The number of hydrogen-bond donors (Lipinski definition) is 0. The van der Waals surface area contributed by atoms with Crippen LogP contribution >= 0.6 is 0 Å². The number of ether oxygens (including phenoxy) is 1. The van der Waals surface area contributed by atoms with Crippen LogP contribution in [0.4, 0.5) is 0 Å². The number of hydrogen-bond acceptors (Lipinski definition) is 2. The molecule has 0 aliphatic rings. The highest BCUT2D eigenvalue weighted by molar-refractivity contribution is 5.98. The maximum Gasteiger partial charge on any atom is 0.316 e. The molecule has 0 atom stereocenters. The molecule has 0 saturated heterocycles. The van der Waals surface area contributed by atoms with Gasteiger partial charge in [-0.2, -0.15) is 0 Å². The fraction of sp³-hybridized carbons (Fsp3) is 0.250. The van der Waals surface area contributed by atoms with E-state index >= 15 is 0 Å². The number of esters is 1. The Morgan fingerprint density at radius 3 is 2.14 bits per heavy atom. The first-order chi connectivity index (χ1) is 10.5. The van der Waals surface area contributed by atoms with E-state index in [1.807, 2.05) is 51.1 Å². The molecule has 0 aromatic heterocycles. The zero-order chi connectivity index (χ0) is 15.7. The average molecular weight is 292 g/mol. The lowest BCUT2D eigenvalue weighted by molar-refractivity contribution is -0.144. The summed E-state index contributed by atoms with van der Waals surface area (Å²) >= 11 is 0. The first-order valence-corrected chi connectivity index (χ1v) is 7.64. The summed E-state index contributed by atoms with van der Waals surface area (Å²) in [5.41, 5.74) is -0.460. The van der Waals surface area contributed by atoms with Crippen molar-refractivity contribution in [3.8, 4) is 5.75 Å². The zero-order valence-corrected chi connectivity index (χ0v) is 13.2. The standard InChI is InChI=1S/C20H20O2/c1-4-20(2,3)19(21)22-18-10-9-16-11-14-7-5-6-8-15(14)12-17(16)13-18/h5-13H,4H2,1-3H3. The molecule has 3 rings (SSSR count). The fourth-order valence-corrected chi connectivity index (χ4v) is 2.37. The fourth-order valence-electron chi connectivity index (χ4n) is 2.37. The van der Waals surface area contributed by atoms with Crippen molar-refractivity contribution in [2.24, 2.45) is 5.41 Å². The number of rotatable bonds is 3. The molecular weight excluding hydrogens is 272 g/mol. The molecule has 2 heteroatoms. The van der Waals surface area contributed by atoms with Gasteiger partial charge >= 0.3 is 5.97 Å². The Kier molecular flexibility index (Phi) is 3.61. The Bertz CT molecular complexity index is 847. The molecule has 0 amide bonds. The van der Waals surface area contributed by atoms with E-state index in [9.17, 15) is 4.79 Å². The van der Waals surface area contributed by atoms with Crippen molar-refractivity contribution in [2.45, 2.75) is 27.2 Å². The number of benzene rings is 3. The van der Waals surface area contributed by atoms with Gasteiger partial charge in [-0.25, -0.2) is 0 Å². The van der Waals surface area contributed by atoms with E-state index in [0.29, 0.717) is 5.75 Å². The van der Waals surface area contributed by atoms with Gasteiger partial charge in [0, 0.05) is 0 Å². The highest BCUT2D eigenvalue weighted by atomic mass is 16.5. The summed E-state index contributed by atoms with van der Waals surface area (Å²) in [7, 11) is 0. The largest absolute Gasteiger partial charge is 0.426 e. The summed E-state index contributed by atoms with van der Waals surface area (Å²) in [6.07, 6.45) is 0.754. The van der Waals surface area contributed by atoms with Gasteiger partial charge in [0.1, 0.15) is 5.75 Å². The second-order valence-electron chi connectivity index (χ2n) is 6.34. The van der Waals surface area contributed by atoms with Crippen molar-refractivity contribution in [1.82, 2.24) is 0 Å². The highest BCUT2D eigenvalue weighted by Gasteiger charge is 2.27. The lowest BCUT2D eigenvalue weighted by Gasteiger charge is -2.20. The summed E-state index contributed by atoms with van der Waals surface area (Å²) in [6.45, 7) is 5.81. The topological polar surface area (TPSA) is 26.3 Å². The minimum absolute atomic E-state index is 0.185. The molecule has 0 fully saturated rings. The minimum atomic E-state index is -0.460. The van der Waals surface area contributed by atoms with Crippen molar-refractivity contribution in [3.63, 3.8) is 0 Å². The average Bonchev–Trinajstić information content (AvgIpc) is 2.52. The van der Waals surface area contributed by atoms with Crippen LogP contribution in [0, 0.1) is 5.41 Å². The lowest BCUT2D eigenvalue weighted by atomic mass is 9.91. The van der Waals surface area contributed by atoms with Gasteiger partial charge < -0.3 is 4.74 Å². The van der Waals surface area contributed by atoms with Crippen LogP contribution in [0.5, 0.6) is 5.75 Å². The first kappa shape index (κ1) is 14.6. The van der Waals surface area contributed by atoms with E-state index in [1.54, 1.807) is 0 Å². The van der Waals surface area contributed by atoms with E-state index in [0.717, 1.165) is 17.2 Å². The van der Waals surface area contributed by atoms with Gasteiger partial charge in [-0.3, -0.25) is 4.79 Å². The highest BCUT2D eigenvalue weighted by Crippen LogP contribution is 2.28. The molecular formula is C20H20O2. The molecule has 0 saturated carbocycles. The molecule has 0 radical (unpaired) electrons. The first-order valence-electron chi connectivity index (χ1n) is 7.64. The summed E-state index contributed by atoms with van der Waals surface area (Å²) < 4.78 is 5.55. The van der Waals surface area contributed by atoms with Gasteiger partial charge in [0.25, 0.3) is 0 Å². The summed E-state index contributed by atoms with van der Waals surface area (Å²) in [5, 5.41) is 4.63. The molecule has 0 aliphatic heterocycles. The number of carbonyl (C=O) groups excluding carboxylic acids is 1. The molecule has 0 spiro atoms. The molecule has 3 aromatic carbocycles. The maximum absolute atomic E-state index is 12.2. The van der Waals surface area contributed by atoms with E-state index in [2.05, 4.69) is 24.3 Å². The van der Waals surface area contributed by atoms with Gasteiger partial charge in [0.15, 0.2) is 0 Å². The van der Waals surface area contributed by atoms with Crippen LogP contribution in [-0.4, -0.2) is 5.97 Å². The van der Waals surface area contributed by atoms with E-state index < -0.39 is 5.41 Å². The smallest absolute Gasteiger partial charge is 0.316 e. The monoisotopic (exact) mass is 292 g/mol. The lowest BCUT2D eigenvalue weighted by Crippen LogP contribution is -2.28. The Morgan fingerprint density at radius 2 is 1.50 bits per heavy atom.